The zero-order chi connectivity index (χ0) is 19.5. The number of sulfonamides is 1. The lowest BCUT2D eigenvalue weighted by molar-refractivity contribution is -0.117. The standard InChI is InChI=1S/C17H17Cl3N2O3S/c1-3-16(17(23)21-12-7-8-14(19)15(20)10-12)22(26(2,24)25)13-6-4-5-11(18)9-13/h4-10,16H,3H2,1-2H3,(H,21,23)/t16-/m0/s1. The van der Waals surface area contributed by atoms with Gasteiger partial charge in [0, 0.05) is 10.7 Å². The van der Waals surface area contributed by atoms with Crippen molar-refractivity contribution in [2.45, 2.75) is 19.4 Å². The third-order valence-corrected chi connectivity index (χ3v) is 5.73. The van der Waals surface area contributed by atoms with Gasteiger partial charge < -0.3 is 5.32 Å². The molecule has 0 aliphatic heterocycles. The van der Waals surface area contributed by atoms with Gasteiger partial charge in [0.25, 0.3) is 0 Å². The molecule has 0 fully saturated rings. The molecule has 2 rings (SSSR count). The van der Waals surface area contributed by atoms with Crippen molar-refractivity contribution >= 4 is 62.1 Å². The van der Waals surface area contributed by atoms with Crippen LogP contribution in [-0.4, -0.2) is 26.6 Å². The lowest BCUT2D eigenvalue weighted by atomic mass is 10.2. The first-order valence-corrected chi connectivity index (χ1v) is 10.6. The van der Waals surface area contributed by atoms with E-state index in [1.54, 1.807) is 37.3 Å². The van der Waals surface area contributed by atoms with Crippen molar-refractivity contribution < 1.29 is 13.2 Å². The lowest BCUT2D eigenvalue weighted by Gasteiger charge is -2.30. The highest BCUT2D eigenvalue weighted by molar-refractivity contribution is 7.92. The van der Waals surface area contributed by atoms with E-state index in [4.69, 9.17) is 34.8 Å². The first kappa shape index (κ1) is 20.8. The fourth-order valence-corrected chi connectivity index (χ4v) is 4.16. The van der Waals surface area contributed by atoms with Gasteiger partial charge in [0.05, 0.1) is 22.0 Å². The Balaban J connectivity index is 2.38. The zero-order valence-electron chi connectivity index (χ0n) is 14.0. The summed E-state index contributed by atoms with van der Waals surface area (Å²) in [5, 5.41) is 3.69. The fourth-order valence-electron chi connectivity index (χ4n) is 2.47. The molecular weight excluding hydrogens is 419 g/mol. The Labute approximate surface area is 167 Å². The van der Waals surface area contributed by atoms with Crippen LogP contribution in [0.4, 0.5) is 11.4 Å². The number of hydrogen-bond donors (Lipinski definition) is 1. The van der Waals surface area contributed by atoms with Crippen LogP contribution in [0.15, 0.2) is 42.5 Å². The van der Waals surface area contributed by atoms with E-state index in [0.29, 0.717) is 21.4 Å². The molecule has 0 aliphatic carbocycles. The van der Waals surface area contributed by atoms with E-state index < -0.39 is 22.0 Å². The second-order valence-electron chi connectivity index (χ2n) is 5.58. The molecular formula is C17H17Cl3N2O3S. The van der Waals surface area contributed by atoms with E-state index in [1.807, 2.05) is 0 Å². The van der Waals surface area contributed by atoms with Crippen LogP contribution in [0.3, 0.4) is 0 Å². The SMILES string of the molecule is CC[C@@H](C(=O)Nc1ccc(Cl)c(Cl)c1)N(c1cccc(Cl)c1)S(C)(=O)=O. The maximum absolute atomic E-state index is 12.8. The van der Waals surface area contributed by atoms with Gasteiger partial charge in [0.2, 0.25) is 15.9 Å². The van der Waals surface area contributed by atoms with Gasteiger partial charge in [-0.15, -0.1) is 0 Å². The van der Waals surface area contributed by atoms with Crippen molar-refractivity contribution in [1.29, 1.82) is 0 Å². The normalized spacial score (nSPS) is 12.5. The van der Waals surface area contributed by atoms with Crippen molar-refractivity contribution in [3.8, 4) is 0 Å². The molecule has 0 bridgehead atoms. The van der Waals surface area contributed by atoms with Gasteiger partial charge in [-0.3, -0.25) is 9.10 Å². The van der Waals surface area contributed by atoms with Crippen LogP contribution in [0.1, 0.15) is 13.3 Å². The maximum Gasteiger partial charge on any atom is 0.248 e. The predicted molar refractivity (Wildman–Crippen MR) is 108 cm³/mol. The number of hydrogen-bond acceptors (Lipinski definition) is 3. The number of carbonyl (C=O) groups is 1. The molecule has 0 aromatic heterocycles. The number of nitrogens with one attached hydrogen (secondary N) is 1. The Kier molecular flexibility index (Phi) is 6.80. The van der Waals surface area contributed by atoms with Crippen molar-refractivity contribution in [1.82, 2.24) is 0 Å². The Bertz CT molecular complexity index is 919. The molecule has 2 aromatic carbocycles. The second-order valence-corrected chi connectivity index (χ2v) is 8.69. The molecule has 1 atom stereocenters. The monoisotopic (exact) mass is 434 g/mol. The summed E-state index contributed by atoms with van der Waals surface area (Å²) in [5.74, 6) is -0.490. The van der Waals surface area contributed by atoms with E-state index in [-0.39, 0.29) is 11.4 Å². The minimum absolute atomic E-state index is 0.257. The predicted octanol–water partition coefficient (Wildman–Crippen LogP) is 4.83. The third kappa shape index (κ3) is 5.04. The van der Waals surface area contributed by atoms with Gasteiger partial charge >= 0.3 is 0 Å². The first-order chi connectivity index (χ1) is 12.1. The van der Waals surface area contributed by atoms with Crippen LogP contribution in [0, 0.1) is 0 Å². The molecule has 1 N–H and O–H groups in total. The molecule has 26 heavy (non-hydrogen) atoms. The highest BCUT2D eigenvalue weighted by Crippen LogP contribution is 2.28. The second kappa shape index (κ2) is 8.48. The molecule has 0 aliphatic rings. The van der Waals surface area contributed by atoms with Crippen LogP contribution < -0.4 is 9.62 Å². The highest BCUT2D eigenvalue weighted by atomic mass is 35.5. The Morgan fingerprint density at radius 1 is 1.12 bits per heavy atom. The number of amides is 1. The van der Waals surface area contributed by atoms with E-state index in [2.05, 4.69) is 5.32 Å². The molecule has 2 aromatic rings. The average Bonchev–Trinajstić information content (AvgIpc) is 2.54. The van der Waals surface area contributed by atoms with Gasteiger partial charge in [0.15, 0.2) is 0 Å². The Morgan fingerprint density at radius 3 is 2.35 bits per heavy atom. The molecule has 5 nitrogen and oxygen atoms in total. The average molecular weight is 436 g/mol. The molecule has 1 amide bonds. The van der Waals surface area contributed by atoms with Gasteiger partial charge in [-0.2, -0.15) is 0 Å². The van der Waals surface area contributed by atoms with E-state index in [1.165, 1.54) is 12.1 Å². The van der Waals surface area contributed by atoms with E-state index in [0.717, 1.165) is 10.6 Å². The molecule has 9 heteroatoms. The number of halogens is 3. The minimum atomic E-state index is -3.73. The zero-order valence-corrected chi connectivity index (χ0v) is 17.1. The number of rotatable bonds is 6. The van der Waals surface area contributed by atoms with Crippen LogP contribution in [0.2, 0.25) is 15.1 Å². The van der Waals surface area contributed by atoms with Gasteiger partial charge in [-0.1, -0.05) is 47.8 Å². The Hall–Kier alpha value is -1.47. The summed E-state index contributed by atoms with van der Waals surface area (Å²) in [5.41, 5.74) is 0.735. The highest BCUT2D eigenvalue weighted by Gasteiger charge is 2.31. The largest absolute Gasteiger partial charge is 0.324 e. The number of anilines is 2. The van der Waals surface area contributed by atoms with Gasteiger partial charge in [-0.25, -0.2) is 8.42 Å². The summed E-state index contributed by atoms with van der Waals surface area (Å²) in [7, 11) is -3.73. The summed E-state index contributed by atoms with van der Waals surface area (Å²) in [4.78, 5) is 12.8. The van der Waals surface area contributed by atoms with Crippen molar-refractivity contribution in [2.24, 2.45) is 0 Å². The molecule has 0 saturated heterocycles. The number of carbonyl (C=O) groups excluding carboxylic acids is 1. The maximum atomic E-state index is 12.8. The van der Waals surface area contributed by atoms with Crippen molar-refractivity contribution in [3.05, 3.63) is 57.5 Å². The molecule has 0 radical (unpaired) electrons. The quantitative estimate of drug-likeness (QED) is 0.706. The van der Waals surface area contributed by atoms with Gasteiger partial charge in [-0.05, 0) is 42.8 Å². The molecule has 0 unspecified atom stereocenters. The van der Waals surface area contributed by atoms with Crippen LogP contribution in [0.25, 0.3) is 0 Å². The summed E-state index contributed by atoms with van der Waals surface area (Å²) in [6.45, 7) is 1.72. The van der Waals surface area contributed by atoms with Gasteiger partial charge in [0.1, 0.15) is 6.04 Å². The smallest absolute Gasteiger partial charge is 0.248 e. The minimum Gasteiger partial charge on any atom is -0.324 e. The summed E-state index contributed by atoms with van der Waals surface area (Å²) in [6, 6.07) is 10.0. The number of benzene rings is 2. The van der Waals surface area contributed by atoms with E-state index in [9.17, 15) is 13.2 Å². The molecule has 0 saturated carbocycles. The fraction of sp³-hybridized carbons (Fsp3) is 0.235. The van der Waals surface area contributed by atoms with Crippen LogP contribution in [0.5, 0.6) is 0 Å². The van der Waals surface area contributed by atoms with Crippen LogP contribution >= 0.6 is 34.8 Å². The van der Waals surface area contributed by atoms with Crippen molar-refractivity contribution in [2.75, 3.05) is 15.9 Å². The molecule has 140 valence electrons. The lowest BCUT2D eigenvalue weighted by Crippen LogP contribution is -2.47. The molecule has 0 heterocycles. The molecule has 0 spiro atoms. The third-order valence-electron chi connectivity index (χ3n) is 3.58. The summed E-state index contributed by atoms with van der Waals surface area (Å²) < 4.78 is 25.8. The van der Waals surface area contributed by atoms with Crippen LogP contribution in [-0.2, 0) is 14.8 Å². The summed E-state index contributed by atoms with van der Waals surface area (Å²) >= 11 is 17.8. The number of nitrogens with zero attached hydrogens (tertiary/aromatic N) is 1. The topological polar surface area (TPSA) is 66.5 Å². The van der Waals surface area contributed by atoms with Crippen molar-refractivity contribution in [3.63, 3.8) is 0 Å². The van der Waals surface area contributed by atoms with E-state index >= 15 is 0 Å². The summed E-state index contributed by atoms with van der Waals surface area (Å²) in [6.07, 6.45) is 1.30. The first-order valence-electron chi connectivity index (χ1n) is 7.64. The Morgan fingerprint density at radius 2 is 1.81 bits per heavy atom.